The summed E-state index contributed by atoms with van der Waals surface area (Å²) in [6, 6.07) is 20.6. The molecule has 2 aromatic carbocycles. The van der Waals surface area contributed by atoms with E-state index in [9.17, 15) is 0 Å². The second kappa shape index (κ2) is 6.10. The summed E-state index contributed by atoms with van der Waals surface area (Å²) >= 11 is 0. The Hall–Kier alpha value is -1.47. The van der Waals surface area contributed by atoms with E-state index in [0.29, 0.717) is 0 Å². The van der Waals surface area contributed by atoms with Crippen LogP contribution in [-0.4, -0.2) is 0 Å². The first-order valence-electron chi connectivity index (χ1n) is 4.73. The number of benzene rings is 2. The van der Waals surface area contributed by atoms with Crippen LogP contribution < -0.4 is 0 Å². The summed E-state index contributed by atoms with van der Waals surface area (Å²) in [5.41, 5.74) is 2.47. The SMILES string of the molecule is C(=Cc1ccccc1)c1ccccc1.[S]. The van der Waals surface area contributed by atoms with Crippen molar-refractivity contribution in [3.63, 3.8) is 0 Å². The third-order valence-corrected chi connectivity index (χ3v) is 2.07. The van der Waals surface area contributed by atoms with E-state index in [1.165, 1.54) is 11.1 Å². The molecule has 0 saturated heterocycles. The van der Waals surface area contributed by atoms with Crippen molar-refractivity contribution in [2.45, 2.75) is 0 Å². The van der Waals surface area contributed by atoms with E-state index in [1.807, 2.05) is 36.4 Å². The molecule has 0 aromatic heterocycles. The van der Waals surface area contributed by atoms with Crippen molar-refractivity contribution < 1.29 is 0 Å². The minimum Gasteiger partial charge on any atom is -0.0622 e. The van der Waals surface area contributed by atoms with E-state index >= 15 is 0 Å². The topological polar surface area (TPSA) is 0 Å². The van der Waals surface area contributed by atoms with Crippen molar-refractivity contribution >= 4 is 25.6 Å². The van der Waals surface area contributed by atoms with Crippen molar-refractivity contribution in [1.29, 1.82) is 0 Å². The molecule has 74 valence electrons. The molecule has 0 fully saturated rings. The largest absolute Gasteiger partial charge is 0.0622 e. The van der Waals surface area contributed by atoms with Crippen LogP contribution in [0.4, 0.5) is 0 Å². The summed E-state index contributed by atoms with van der Waals surface area (Å²) < 4.78 is 0. The van der Waals surface area contributed by atoms with Gasteiger partial charge in [-0.15, -0.1) is 0 Å². The summed E-state index contributed by atoms with van der Waals surface area (Å²) in [5.74, 6) is 0. The molecule has 0 saturated carbocycles. The van der Waals surface area contributed by atoms with Gasteiger partial charge in [-0.05, 0) is 11.1 Å². The highest BCUT2D eigenvalue weighted by Gasteiger charge is 1.84. The van der Waals surface area contributed by atoms with Gasteiger partial charge < -0.3 is 0 Å². The highest BCUT2D eigenvalue weighted by atomic mass is 32.1. The van der Waals surface area contributed by atoms with Crippen molar-refractivity contribution in [1.82, 2.24) is 0 Å². The van der Waals surface area contributed by atoms with E-state index in [0.717, 1.165) is 0 Å². The summed E-state index contributed by atoms with van der Waals surface area (Å²) in [4.78, 5) is 0. The monoisotopic (exact) mass is 212 g/mol. The zero-order valence-electron chi connectivity index (χ0n) is 8.34. The van der Waals surface area contributed by atoms with Gasteiger partial charge in [0.25, 0.3) is 0 Å². The van der Waals surface area contributed by atoms with Crippen molar-refractivity contribution in [2.24, 2.45) is 0 Å². The van der Waals surface area contributed by atoms with Crippen molar-refractivity contribution in [2.75, 3.05) is 0 Å². The smallest absolute Gasteiger partial charge is 0 e. The Balaban J connectivity index is 0.00000112. The molecule has 0 spiro atoms. The number of hydrogen-bond acceptors (Lipinski definition) is 0. The highest BCUT2D eigenvalue weighted by Crippen LogP contribution is 2.06. The Morgan fingerprint density at radius 1 is 0.533 bits per heavy atom. The molecule has 0 aliphatic rings. The van der Waals surface area contributed by atoms with Gasteiger partial charge in [-0.1, -0.05) is 72.8 Å². The fourth-order valence-electron chi connectivity index (χ4n) is 1.32. The fraction of sp³-hybridized carbons (Fsp3) is 0. The molecule has 0 bridgehead atoms. The Labute approximate surface area is 97.7 Å². The van der Waals surface area contributed by atoms with Crippen molar-refractivity contribution in [3.05, 3.63) is 71.8 Å². The van der Waals surface area contributed by atoms with Crippen LogP contribution in [-0.2, 0) is 0 Å². The fourth-order valence-corrected chi connectivity index (χ4v) is 1.32. The Morgan fingerprint density at radius 3 is 1.20 bits per heavy atom. The third-order valence-electron chi connectivity index (χ3n) is 2.07. The maximum absolute atomic E-state index is 2.12. The summed E-state index contributed by atoms with van der Waals surface area (Å²) in [5, 5.41) is 0. The summed E-state index contributed by atoms with van der Waals surface area (Å²) in [7, 11) is 0. The molecule has 15 heavy (non-hydrogen) atoms. The Kier molecular flexibility index (Phi) is 4.72. The van der Waals surface area contributed by atoms with Gasteiger partial charge in [0.2, 0.25) is 0 Å². The lowest BCUT2D eigenvalue weighted by Gasteiger charge is -1.92. The molecule has 0 amide bonds. The van der Waals surface area contributed by atoms with Gasteiger partial charge in [-0.3, -0.25) is 0 Å². The van der Waals surface area contributed by atoms with Crippen LogP contribution in [0.25, 0.3) is 12.2 Å². The summed E-state index contributed by atoms with van der Waals surface area (Å²) in [6.07, 6.45) is 4.24. The van der Waals surface area contributed by atoms with Gasteiger partial charge in [0.15, 0.2) is 0 Å². The van der Waals surface area contributed by atoms with Crippen LogP contribution in [0.15, 0.2) is 60.7 Å². The van der Waals surface area contributed by atoms with E-state index in [1.54, 1.807) is 0 Å². The molecular weight excluding hydrogens is 200 g/mol. The summed E-state index contributed by atoms with van der Waals surface area (Å²) in [6.45, 7) is 0. The quantitative estimate of drug-likeness (QED) is 0.643. The lowest BCUT2D eigenvalue weighted by atomic mass is 10.1. The lowest BCUT2D eigenvalue weighted by molar-refractivity contribution is 1.65. The van der Waals surface area contributed by atoms with Gasteiger partial charge in [0, 0.05) is 13.5 Å². The van der Waals surface area contributed by atoms with E-state index in [2.05, 4.69) is 36.4 Å². The average molecular weight is 212 g/mol. The minimum atomic E-state index is 0. The van der Waals surface area contributed by atoms with Crippen LogP contribution >= 0.6 is 13.5 Å². The number of hydrogen-bond donors (Lipinski definition) is 0. The van der Waals surface area contributed by atoms with Gasteiger partial charge >= 0.3 is 0 Å². The van der Waals surface area contributed by atoms with Crippen LogP contribution in [0.3, 0.4) is 0 Å². The molecule has 2 rings (SSSR count). The molecule has 0 heterocycles. The molecule has 0 aliphatic heterocycles. The van der Waals surface area contributed by atoms with Gasteiger partial charge in [0.1, 0.15) is 0 Å². The zero-order chi connectivity index (χ0) is 9.64. The molecule has 0 nitrogen and oxygen atoms in total. The second-order valence-corrected chi connectivity index (χ2v) is 3.15. The second-order valence-electron chi connectivity index (χ2n) is 3.15. The van der Waals surface area contributed by atoms with E-state index in [-0.39, 0.29) is 13.5 Å². The standard InChI is InChI=1S/C14H12.S/c1-3-7-13(8-4-1)11-12-14-9-5-2-6-10-14;/h1-12H;. The maximum Gasteiger partial charge on any atom is 0 e. The Morgan fingerprint density at radius 2 is 0.867 bits per heavy atom. The first-order chi connectivity index (χ1) is 6.95. The van der Waals surface area contributed by atoms with E-state index in [4.69, 9.17) is 0 Å². The van der Waals surface area contributed by atoms with Gasteiger partial charge in [-0.2, -0.15) is 0 Å². The number of rotatable bonds is 2. The first kappa shape index (κ1) is 11.6. The van der Waals surface area contributed by atoms with Crippen LogP contribution in [0.2, 0.25) is 0 Å². The predicted molar refractivity (Wildman–Crippen MR) is 69.4 cm³/mol. The minimum absolute atomic E-state index is 0. The van der Waals surface area contributed by atoms with Crippen LogP contribution in [0, 0.1) is 0 Å². The highest BCUT2D eigenvalue weighted by molar-refractivity contribution is 7.59. The maximum atomic E-state index is 2.12. The zero-order valence-corrected chi connectivity index (χ0v) is 9.15. The molecule has 0 unspecified atom stereocenters. The van der Waals surface area contributed by atoms with Gasteiger partial charge in [-0.25, -0.2) is 0 Å². The molecule has 1 heteroatoms. The van der Waals surface area contributed by atoms with Crippen LogP contribution in [0.1, 0.15) is 11.1 Å². The molecule has 0 atom stereocenters. The lowest BCUT2D eigenvalue weighted by Crippen LogP contribution is -1.70. The average Bonchev–Trinajstić information content (AvgIpc) is 2.29. The normalized spacial score (nSPS) is 9.87. The van der Waals surface area contributed by atoms with Gasteiger partial charge in [0.05, 0.1) is 0 Å². The Bertz CT molecular complexity index is 362. The molecular formula is C14H12S. The first-order valence-corrected chi connectivity index (χ1v) is 4.73. The predicted octanol–water partition coefficient (Wildman–Crippen LogP) is 4.51. The molecule has 0 aliphatic carbocycles. The van der Waals surface area contributed by atoms with Crippen molar-refractivity contribution in [3.8, 4) is 0 Å². The molecule has 2 aromatic rings. The third kappa shape index (κ3) is 3.64. The van der Waals surface area contributed by atoms with E-state index < -0.39 is 0 Å². The van der Waals surface area contributed by atoms with Crippen LogP contribution in [0.5, 0.6) is 0 Å². The molecule has 0 N–H and O–H groups in total. The molecule has 2 radical (unpaired) electrons.